The normalized spacial score (nSPS) is 11.2. The fourth-order valence-electron chi connectivity index (χ4n) is 9.05. The summed E-state index contributed by atoms with van der Waals surface area (Å²) in [5, 5.41) is 38.4. The van der Waals surface area contributed by atoms with Crippen molar-refractivity contribution in [2.45, 2.75) is 256 Å². The molecule has 1 aliphatic rings. The molecule has 0 atom stereocenters. The van der Waals surface area contributed by atoms with Crippen molar-refractivity contribution in [1.29, 1.82) is 0 Å². The summed E-state index contributed by atoms with van der Waals surface area (Å²) in [5.74, 6) is 11.2. The van der Waals surface area contributed by atoms with Crippen LogP contribution in [0.4, 0.5) is 0 Å². The number of fused-ring (bicyclic) bond motifs is 4. The first-order valence-corrected chi connectivity index (χ1v) is 39.5. The highest BCUT2D eigenvalue weighted by Crippen LogP contribution is 2.27. The molecular weight excluding hydrogens is 1440 g/mol. The summed E-state index contributed by atoms with van der Waals surface area (Å²) in [6, 6.07) is 8.01. The molecule has 0 bridgehead atoms. The number of oxazole rings is 1. The van der Waals surface area contributed by atoms with Gasteiger partial charge in [-0.3, -0.25) is 14.5 Å². The van der Waals surface area contributed by atoms with Crippen LogP contribution in [0, 0.1) is 0 Å². The Morgan fingerprint density at radius 1 is 0.495 bits per heavy atom. The molecule has 2 N–H and O–H groups in total. The molecule has 15 heterocycles. The van der Waals surface area contributed by atoms with E-state index in [1.54, 1.807) is 59.3 Å². The molecular formula is C80H116N24O5S2. The average molecular weight is 1560 g/mol. The van der Waals surface area contributed by atoms with Crippen molar-refractivity contribution in [3.8, 4) is 0 Å². The van der Waals surface area contributed by atoms with Crippen molar-refractivity contribution in [3.05, 3.63) is 226 Å². The summed E-state index contributed by atoms with van der Waals surface area (Å²) in [6.45, 7) is 50.3. The maximum atomic E-state index is 4.87. The Kier molecular flexibility index (Phi) is 39.9. The number of thiophene rings is 1. The third-order valence-corrected chi connectivity index (χ3v) is 17.8. The lowest BCUT2D eigenvalue weighted by Gasteiger charge is -2.00. The van der Waals surface area contributed by atoms with E-state index in [0.717, 1.165) is 51.7 Å². The number of aromatic amines is 2. The van der Waals surface area contributed by atoms with Gasteiger partial charge < -0.3 is 27.3 Å². The molecule has 598 valence electrons. The third-order valence-electron chi connectivity index (χ3n) is 15.5. The van der Waals surface area contributed by atoms with Crippen LogP contribution in [0.25, 0.3) is 17.2 Å². The van der Waals surface area contributed by atoms with Gasteiger partial charge in [0.15, 0.2) is 30.0 Å². The molecule has 16 rings (SSSR count). The predicted octanol–water partition coefficient (Wildman–Crippen LogP) is 20.2. The highest BCUT2D eigenvalue weighted by molar-refractivity contribution is 7.10. The van der Waals surface area contributed by atoms with E-state index in [0.29, 0.717) is 88.6 Å². The van der Waals surface area contributed by atoms with Gasteiger partial charge in [0, 0.05) is 126 Å². The largest absolute Gasteiger partial charge is 0.451 e. The number of H-pyrrole nitrogens is 2. The third kappa shape index (κ3) is 32.8. The number of hydrogen-bond donors (Lipinski definition) is 2. The fourth-order valence-corrected chi connectivity index (χ4v) is 10.5. The minimum absolute atomic E-state index is 0.345. The van der Waals surface area contributed by atoms with E-state index in [1.165, 1.54) is 71.6 Å². The summed E-state index contributed by atoms with van der Waals surface area (Å²) in [4.78, 5) is 49.6. The first-order valence-electron chi connectivity index (χ1n) is 37.7. The predicted molar refractivity (Wildman–Crippen MR) is 435 cm³/mol. The number of nitrogens with one attached hydrogen (secondary N) is 2. The quantitative estimate of drug-likeness (QED) is 0.115. The van der Waals surface area contributed by atoms with E-state index >= 15 is 0 Å². The Balaban J connectivity index is 0.000000218. The highest BCUT2D eigenvalue weighted by atomic mass is 32.1. The van der Waals surface area contributed by atoms with Crippen LogP contribution < -0.4 is 0 Å². The molecule has 0 saturated carbocycles. The van der Waals surface area contributed by atoms with E-state index in [9.17, 15) is 0 Å². The molecule has 15 aromatic rings. The first-order chi connectivity index (χ1) is 53.0. The molecule has 111 heavy (non-hydrogen) atoms. The molecule has 0 unspecified atom stereocenters. The van der Waals surface area contributed by atoms with Crippen molar-refractivity contribution in [2.75, 3.05) is 0 Å². The van der Waals surface area contributed by atoms with Crippen molar-refractivity contribution in [1.82, 2.24) is 119 Å². The summed E-state index contributed by atoms with van der Waals surface area (Å²) in [6.07, 6.45) is 34.9. The van der Waals surface area contributed by atoms with E-state index in [2.05, 4.69) is 243 Å². The smallest absolute Gasteiger partial charge is 0.252 e. The minimum atomic E-state index is 0.345. The Morgan fingerprint density at radius 2 is 1.19 bits per heavy atom. The molecule has 0 spiro atoms. The molecule has 0 fully saturated rings. The number of aromatic nitrogens is 24. The van der Waals surface area contributed by atoms with Crippen molar-refractivity contribution in [2.24, 2.45) is 0 Å². The van der Waals surface area contributed by atoms with Crippen LogP contribution in [-0.2, 0) is 12.8 Å². The Bertz CT molecular complexity index is 3940. The van der Waals surface area contributed by atoms with Crippen LogP contribution in [0.5, 0.6) is 0 Å². The zero-order chi connectivity index (χ0) is 81.4. The molecule has 1 aliphatic carbocycles. The maximum absolute atomic E-state index is 4.87. The number of nitrogens with zero attached hydrogens (tertiary/aromatic N) is 22. The van der Waals surface area contributed by atoms with Gasteiger partial charge in [-0.2, -0.15) is 20.1 Å². The van der Waals surface area contributed by atoms with Crippen molar-refractivity contribution < 1.29 is 22.5 Å². The van der Waals surface area contributed by atoms with Crippen LogP contribution in [-0.4, -0.2) is 119 Å². The van der Waals surface area contributed by atoms with Gasteiger partial charge in [0.05, 0.1) is 40.2 Å². The Hall–Kier alpha value is -10.7. The van der Waals surface area contributed by atoms with Crippen LogP contribution in [0.2, 0.25) is 0 Å². The average Bonchev–Trinajstić information content (AvgIpc) is 1.69. The second kappa shape index (κ2) is 48.8. The fraction of sp³-hybridized carbons (Fsp3) is 0.487. The van der Waals surface area contributed by atoms with Gasteiger partial charge in [0.1, 0.15) is 17.8 Å². The van der Waals surface area contributed by atoms with Crippen molar-refractivity contribution >= 4 is 39.9 Å². The SMILES string of the molecule is CC(C)c1cccs1.CC(C)c1cn2cccnc2n1.CC(C)c1cn2ccncc2n1.CC(C)c1cnon1.CC(C)c1cocn1.CC(C)c1n[nH]c2c1CCC2.CC(C)c1nc2ncccn2n1.CC(C)c1ncc[nH]1.CC(C)c1nccs1.CC(C)c1ncno1.CC(C)c1ncon1.CC(C)c1nnco1. The van der Waals surface area contributed by atoms with E-state index in [1.807, 2.05) is 136 Å². The van der Waals surface area contributed by atoms with Crippen molar-refractivity contribution in [3.63, 3.8) is 0 Å². The second-order valence-electron chi connectivity index (χ2n) is 29.1. The second-order valence-corrected chi connectivity index (χ2v) is 31.0. The van der Waals surface area contributed by atoms with E-state index in [4.69, 9.17) is 13.4 Å². The van der Waals surface area contributed by atoms with Gasteiger partial charge in [-0.25, -0.2) is 44.0 Å². The molecule has 0 amide bonds. The summed E-state index contributed by atoms with van der Waals surface area (Å²) < 4.78 is 28.9. The van der Waals surface area contributed by atoms with Gasteiger partial charge in [0.25, 0.3) is 5.78 Å². The molecule has 15 aromatic heterocycles. The highest BCUT2D eigenvalue weighted by Gasteiger charge is 2.20. The topological polar surface area (TPSA) is 355 Å². The zero-order valence-electron chi connectivity index (χ0n) is 69.1. The molecule has 29 nitrogen and oxygen atoms in total. The molecule has 0 aliphatic heterocycles. The lowest BCUT2D eigenvalue weighted by Crippen LogP contribution is -1.92. The standard InChI is InChI=1S/2C9H11N3.C9H14N2.C8H10N4.C7H10S.C6H10N2.C6H9NO.C6H9NS.4C5H8N2O/c1-7(2)8-6-12-4-3-10-5-9(12)11-8;1-7(2)8-6-12-5-3-4-10-9(12)11-8;1-6(2)9-7-4-3-5-8(7)10-11-9;1-6(2)7-10-8-9-4-3-5-12(8)11-7;1-6(2)7-4-3-5-8-7;1-5(2)6-7-3-4-8-6;1-5(2)6-3-8-4-7-6;1-5(2)6-7-3-4-8-6;1-4(2)5-7-6-3-8-5;1-4(2)5-6-3-8-7-5;1-4(2)5-6-3-7-8-5;1-4(2)5-3-6-8-7-5/h2*3-7H,1-2H3;6H,3-5H2,1-2H3,(H,10,11);3-6H,1-2H3;3-6H,1-2H3;3-5H,1-2H3,(H,7,8);2*3-5H,1-2H3;4*3-4H,1-2H3. The van der Waals surface area contributed by atoms with Crippen LogP contribution in [0.15, 0.2) is 170 Å². The maximum Gasteiger partial charge on any atom is 0.252 e. The van der Waals surface area contributed by atoms with Crippen LogP contribution in [0.1, 0.15) is 322 Å². The molecule has 31 heteroatoms. The molecule has 0 aromatic carbocycles. The monoisotopic (exact) mass is 1560 g/mol. The number of imidazole rings is 3. The van der Waals surface area contributed by atoms with Gasteiger partial charge in [-0.05, 0) is 78.0 Å². The molecule has 0 saturated heterocycles. The number of rotatable bonds is 12. The van der Waals surface area contributed by atoms with E-state index in [-0.39, 0.29) is 0 Å². The lowest BCUT2D eigenvalue weighted by atomic mass is 10.1. The summed E-state index contributed by atoms with van der Waals surface area (Å²) >= 11 is 3.55. The first kappa shape index (κ1) is 90.9. The van der Waals surface area contributed by atoms with Gasteiger partial charge in [-0.15, -0.1) is 38.0 Å². The summed E-state index contributed by atoms with van der Waals surface area (Å²) in [7, 11) is 0. The molecule has 0 radical (unpaired) electrons. The van der Waals surface area contributed by atoms with Gasteiger partial charge in [-0.1, -0.05) is 193 Å². The summed E-state index contributed by atoms with van der Waals surface area (Å²) in [5.41, 5.74) is 9.22. The van der Waals surface area contributed by atoms with E-state index < -0.39 is 0 Å². The Morgan fingerprint density at radius 3 is 1.61 bits per heavy atom. The number of thiazole rings is 1. The number of aryl methyl sites for hydroxylation is 1. The zero-order valence-corrected chi connectivity index (χ0v) is 70.7. The minimum Gasteiger partial charge on any atom is -0.451 e. The Labute approximate surface area is 660 Å². The van der Waals surface area contributed by atoms with Crippen LogP contribution >= 0.6 is 22.7 Å². The van der Waals surface area contributed by atoms with Gasteiger partial charge >= 0.3 is 0 Å². The van der Waals surface area contributed by atoms with Gasteiger partial charge in [0.2, 0.25) is 30.3 Å². The number of hydrogen-bond acceptors (Lipinski definition) is 26. The van der Waals surface area contributed by atoms with Crippen LogP contribution in [0.3, 0.4) is 0 Å². The lowest BCUT2D eigenvalue weighted by molar-refractivity contribution is 0.302.